The van der Waals surface area contributed by atoms with Gasteiger partial charge in [0.2, 0.25) is 5.91 Å². The van der Waals surface area contributed by atoms with Crippen LogP contribution in [0.2, 0.25) is 0 Å². The van der Waals surface area contributed by atoms with E-state index in [9.17, 15) is 4.79 Å². The molecule has 1 aliphatic rings. The summed E-state index contributed by atoms with van der Waals surface area (Å²) in [4.78, 5) is 15.3. The van der Waals surface area contributed by atoms with Gasteiger partial charge in [-0.25, -0.2) is 0 Å². The van der Waals surface area contributed by atoms with Crippen molar-refractivity contribution in [3.8, 4) is 0 Å². The van der Waals surface area contributed by atoms with Gasteiger partial charge in [-0.2, -0.15) is 11.3 Å². The second-order valence-electron chi connectivity index (χ2n) is 7.14. The number of carbonyl (C=O) groups excluding carboxylic acids is 1. The molecule has 2 atom stereocenters. The minimum Gasteiger partial charge on any atom is -0.346 e. The Morgan fingerprint density at radius 2 is 2.00 bits per heavy atom. The molecular formula is C21H21N5OS. The molecule has 1 saturated heterocycles. The first-order chi connectivity index (χ1) is 13.8. The van der Waals surface area contributed by atoms with Gasteiger partial charge in [0, 0.05) is 25.1 Å². The van der Waals surface area contributed by atoms with E-state index >= 15 is 0 Å². The van der Waals surface area contributed by atoms with Gasteiger partial charge in [-0.05, 0) is 59.5 Å². The molecular weight excluding hydrogens is 370 g/mol. The molecule has 0 aromatic carbocycles. The van der Waals surface area contributed by atoms with E-state index in [1.54, 1.807) is 11.3 Å². The van der Waals surface area contributed by atoms with Gasteiger partial charge in [0.1, 0.15) is 0 Å². The molecule has 1 amide bonds. The van der Waals surface area contributed by atoms with Gasteiger partial charge < -0.3 is 9.47 Å². The fraction of sp³-hybridized carbons (Fsp3) is 0.286. The molecule has 4 aromatic heterocycles. The van der Waals surface area contributed by atoms with Crippen molar-refractivity contribution < 1.29 is 4.79 Å². The molecule has 4 aromatic rings. The molecule has 28 heavy (non-hydrogen) atoms. The van der Waals surface area contributed by atoms with Crippen LogP contribution >= 0.6 is 11.3 Å². The average Bonchev–Trinajstić information content (AvgIpc) is 3.52. The third kappa shape index (κ3) is 3.01. The van der Waals surface area contributed by atoms with Crippen molar-refractivity contribution in [1.82, 2.24) is 24.1 Å². The first kappa shape index (κ1) is 17.2. The van der Waals surface area contributed by atoms with Gasteiger partial charge in [0.15, 0.2) is 11.5 Å². The number of nitrogens with zero attached hydrogens (tertiary/aromatic N) is 5. The Balaban J connectivity index is 1.42. The standard InChI is InChI=1S/C21H21N5OS/c27-20(14-18(16-8-13-28-15-16)24-9-3-4-10-24)25-12-5-6-17(25)21-23-22-19-7-1-2-11-26(19)21/h1-4,7-11,13,15,17-18H,5-6,12,14H2/t17-,18+/m1/s1. The Bertz CT molecular complexity index is 1040. The maximum absolute atomic E-state index is 13.3. The highest BCUT2D eigenvalue weighted by Gasteiger charge is 2.34. The summed E-state index contributed by atoms with van der Waals surface area (Å²) in [6.07, 6.45) is 8.39. The van der Waals surface area contributed by atoms with Gasteiger partial charge in [-0.3, -0.25) is 9.20 Å². The van der Waals surface area contributed by atoms with Gasteiger partial charge in [-0.1, -0.05) is 6.07 Å². The number of carbonyl (C=O) groups is 1. The number of amides is 1. The number of likely N-dealkylation sites (tertiary alicyclic amines) is 1. The molecule has 5 heterocycles. The number of fused-ring (bicyclic) bond motifs is 1. The van der Waals surface area contributed by atoms with Crippen LogP contribution < -0.4 is 0 Å². The van der Waals surface area contributed by atoms with Gasteiger partial charge in [0.05, 0.1) is 18.5 Å². The molecule has 0 radical (unpaired) electrons. The first-order valence-corrected chi connectivity index (χ1v) is 10.5. The van der Waals surface area contributed by atoms with E-state index in [0.29, 0.717) is 6.42 Å². The number of pyridine rings is 1. The van der Waals surface area contributed by atoms with Crippen molar-refractivity contribution in [1.29, 1.82) is 0 Å². The number of rotatable bonds is 5. The summed E-state index contributed by atoms with van der Waals surface area (Å²) >= 11 is 1.66. The summed E-state index contributed by atoms with van der Waals surface area (Å²) in [7, 11) is 0. The third-order valence-corrected chi connectivity index (χ3v) is 6.20. The van der Waals surface area contributed by atoms with Gasteiger partial charge >= 0.3 is 0 Å². The van der Waals surface area contributed by atoms with Crippen LogP contribution in [-0.2, 0) is 4.79 Å². The number of hydrogen-bond donors (Lipinski definition) is 0. The lowest BCUT2D eigenvalue weighted by molar-refractivity contribution is -0.132. The van der Waals surface area contributed by atoms with Crippen molar-refractivity contribution in [2.75, 3.05) is 6.54 Å². The fourth-order valence-corrected chi connectivity index (χ4v) is 4.83. The van der Waals surface area contributed by atoms with E-state index in [0.717, 1.165) is 30.9 Å². The molecule has 0 bridgehead atoms. The average molecular weight is 392 g/mol. The zero-order chi connectivity index (χ0) is 18.9. The molecule has 142 valence electrons. The highest BCUT2D eigenvalue weighted by molar-refractivity contribution is 7.08. The smallest absolute Gasteiger partial charge is 0.225 e. The highest BCUT2D eigenvalue weighted by Crippen LogP contribution is 2.34. The van der Waals surface area contributed by atoms with E-state index in [-0.39, 0.29) is 18.0 Å². The van der Waals surface area contributed by atoms with E-state index in [4.69, 9.17) is 0 Å². The Morgan fingerprint density at radius 1 is 1.14 bits per heavy atom. The van der Waals surface area contributed by atoms with Crippen LogP contribution in [0.15, 0.2) is 65.7 Å². The summed E-state index contributed by atoms with van der Waals surface area (Å²) < 4.78 is 4.12. The molecule has 7 heteroatoms. The van der Waals surface area contributed by atoms with E-state index in [1.807, 2.05) is 58.2 Å². The molecule has 0 saturated carbocycles. The van der Waals surface area contributed by atoms with Crippen LogP contribution in [0.3, 0.4) is 0 Å². The molecule has 1 aliphatic heterocycles. The molecule has 0 unspecified atom stereocenters. The van der Waals surface area contributed by atoms with Crippen molar-refractivity contribution >= 4 is 22.9 Å². The number of hydrogen-bond acceptors (Lipinski definition) is 4. The second-order valence-corrected chi connectivity index (χ2v) is 7.92. The summed E-state index contributed by atoms with van der Waals surface area (Å²) in [6.45, 7) is 0.771. The van der Waals surface area contributed by atoms with Crippen molar-refractivity contribution in [3.63, 3.8) is 0 Å². The van der Waals surface area contributed by atoms with E-state index < -0.39 is 0 Å². The predicted molar refractivity (Wildman–Crippen MR) is 108 cm³/mol. The zero-order valence-electron chi connectivity index (χ0n) is 15.4. The lowest BCUT2D eigenvalue weighted by Crippen LogP contribution is -2.33. The van der Waals surface area contributed by atoms with Crippen LogP contribution in [0.5, 0.6) is 0 Å². The lowest BCUT2D eigenvalue weighted by Gasteiger charge is -2.26. The molecule has 6 nitrogen and oxygen atoms in total. The largest absolute Gasteiger partial charge is 0.346 e. The van der Waals surface area contributed by atoms with Crippen molar-refractivity contribution in [3.05, 3.63) is 77.1 Å². The van der Waals surface area contributed by atoms with Gasteiger partial charge in [-0.15, -0.1) is 10.2 Å². The van der Waals surface area contributed by atoms with Crippen molar-refractivity contribution in [2.24, 2.45) is 0 Å². The predicted octanol–water partition coefficient (Wildman–Crippen LogP) is 3.94. The minimum atomic E-state index is -0.0160. The fourth-order valence-electron chi connectivity index (χ4n) is 4.12. The maximum atomic E-state index is 13.3. The topological polar surface area (TPSA) is 55.4 Å². The molecule has 5 rings (SSSR count). The molecule has 0 N–H and O–H groups in total. The maximum Gasteiger partial charge on any atom is 0.225 e. The molecule has 0 aliphatic carbocycles. The Morgan fingerprint density at radius 3 is 2.82 bits per heavy atom. The van der Waals surface area contributed by atoms with Crippen LogP contribution in [-0.4, -0.2) is 36.5 Å². The van der Waals surface area contributed by atoms with Gasteiger partial charge in [0.25, 0.3) is 0 Å². The zero-order valence-corrected chi connectivity index (χ0v) is 16.2. The monoisotopic (exact) mass is 391 g/mol. The quantitative estimate of drug-likeness (QED) is 0.518. The Labute approximate surface area is 167 Å². The number of thiophene rings is 1. The third-order valence-electron chi connectivity index (χ3n) is 5.49. The number of aromatic nitrogens is 4. The molecule has 1 fully saturated rings. The Hall–Kier alpha value is -2.93. The summed E-state index contributed by atoms with van der Waals surface area (Å²) in [6, 6.07) is 12.0. The lowest BCUT2D eigenvalue weighted by atomic mass is 10.1. The van der Waals surface area contributed by atoms with Crippen LogP contribution in [0.4, 0.5) is 0 Å². The van der Waals surface area contributed by atoms with Crippen LogP contribution in [0, 0.1) is 0 Å². The van der Waals surface area contributed by atoms with Crippen molar-refractivity contribution in [2.45, 2.75) is 31.3 Å². The Kier molecular flexibility index (Phi) is 4.44. The minimum absolute atomic E-state index is 0.0160. The summed E-state index contributed by atoms with van der Waals surface area (Å²) in [5.74, 6) is 1.02. The SMILES string of the molecule is O=C(C[C@@H](c1ccsc1)n1cccc1)N1CCC[C@@H]1c1nnc2ccccn12. The van der Waals surface area contributed by atoms with Crippen LogP contribution in [0.25, 0.3) is 5.65 Å². The van der Waals surface area contributed by atoms with Crippen LogP contribution in [0.1, 0.15) is 42.7 Å². The first-order valence-electron chi connectivity index (χ1n) is 9.55. The van der Waals surface area contributed by atoms with E-state index in [1.165, 1.54) is 5.56 Å². The molecule has 0 spiro atoms. The second kappa shape index (κ2) is 7.24. The normalized spacial score (nSPS) is 18.0. The van der Waals surface area contributed by atoms with E-state index in [2.05, 4.69) is 31.6 Å². The summed E-state index contributed by atoms with van der Waals surface area (Å²) in [5, 5.41) is 12.9. The highest BCUT2D eigenvalue weighted by atomic mass is 32.1. The summed E-state index contributed by atoms with van der Waals surface area (Å²) in [5.41, 5.74) is 2.00.